The largest absolute Gasteiger partial charge is 0.335 e. The second kappa shape index (κ2) is 9.60. The van der Waals surface area contributed by atoms with E-state index in [1.165, 1.54) is 12.5 Å². The van der Waals surface area contributed by atoms with Crippen LogP contribution in [0.15, 0.2) is 16.0 Å². The molecule has 3 N–H and O–H groups in total. The maximum absolute atomic E-state index is 12.2. The van der Waals surface area contributed by atoms with E-state index in [0.29, 0.717) is 17.3 Å². The lowest BCUT2D eigenvalue weighted by Crippen LogP contribution is -2.47. The fourth-order valence-electron chi connectivity index (χ4n) is 2.83. The molecule has 0 spiro atoms. The summed E-state index contributed by atoms with van der Waals surface area (Å²) in [6.07, 6.45) is 6.94. The number of amides is 3. The Morgan fingerprint density at radius 3 is 2.76 bits per heavy atom. The summed E-state index contributed by atoms with van der Waals surface area (Å²) in [5.41, 5.74) is 0.472. The van der Waals surface area contributed by atoms with Gasteiger partial charge in [0.2, 0.25) is 5.91 Å². The molecule has 1 aromatic heterocycles. The van der Waals surface area contributed by atoms with Gasteiger partial charge in [-0.15, -0.1) is 0 Å². The van der Waals surface area contributed by atoms with Crippen molar-refractivity contribution in [2.24, 2.45) is 0 Å². The number of hydrogen-bond acceptors (Lipinski definition) is 5. The molecule has 0 radical (unpaired) electrons. The first kappa shape index (κ1) is 19.5. The number of carbonyl (C=O) groups is 2. The van der Waals surface area contributed by atoms with E-state index in [-0.39, 0.29) is 11.6 Å². The Kier molecular flexibility index (Phi) is 7.49. The Labute approximate surface area is 151 Å². The molecule has 25 heavy (non-hydrogen) atoms. The Hall–Kier alpha value is -1.83. The molecule has 3 amide bonds. The number of nitrogens with one attached hydrogen (secondary N) is 3. The zero-order valence-electron chi connectivity index (χ0n) is 14.8. The number of rotatable bonds is 6. The first-order chi connectivity index (χ1) is 12.0. The van der Waals surface area contributed by atoms with Gasteiger partial charge in [-0.2, -0.15) is 0 Å². The molecule has 0 saturated heterocycles. The van der Waals surface area contributed by atoms with Gasteiger partial charge < -0.3 is 10.3 Å². The molecule has 2 rings (SSSR count). The Balaban J connectivity index is 1.87. The Morgan fingerprint density at radius 1 is 1.36 bits per heavy atom. The van der Waals surface area contributed by atoms with E-state index in [2.05, 4.69) is 20.6 Å². The van der Waals surface area contributed by atoms with Crippen molar-refractivity contribution in [1.82, 2.24) is 20.6 Å². The fourth-order valence-corrected chi connectivity index (χ4v) is 3.66. The van der Waals surface area contributed by atoms with Crippen molar-refractivity contribution in [3.63, 3.8) is 0 Å². The summed E-state index contributed by atoms with van der Waals surface area (Å²) in [5, 5.41) is 5.07. The average molecular weight is 366 g/mol. The Morgan fingerprint density at radius 2 is 2.08 bits per heavy atom. The molecule has 1 fully saturated rings. The van der Waals surface area contributed by atoms with E-state index < -0.39 is 17.2 Å². The highest BCUT2D eigenvalue weighted by atomic mass is 32.2. The molecule has 1 aliphatic rings. The van der Waals surface area contributed by atoms with Gasteiger partial charge in [-0.05, 0) is 26.2 Å². The summed E-state index contributed by atoms with van der Waals surface area (Å²) >= 11 is 1.14. The van der Waals surface area contributed by atoms with Crippen LogP contribution < -0.4 is 16.2 Å². The van der Waals surface area contributed by atoms with Crippen molar-refractivity contribution in [2.75, 3.05) is 0 Å². The van der Waals surface area contributed by atoms with Gasteiger partial charge in [-0.1, -0.05) is 44.4 Å². The van der Waals surface area contributed by atoms with Crippen LogP contribution in [0, 0.1) is 0 Å². The summed E-state index contributed by atoms with van der Waals surface area (Å²) < 4.78 is 0. The number of aryl methyl sites for hydroxylation is 1. The van der Waals surface area contributed by atoms with Crippen LogP contribution in [0.5, 0.6) is 0 Å². The van der Waals surface area contributed by atoms with E-state index >= 15 is 0 Å². The summed E-state index contributed by atoms with van der Waals surface area (Å²) in [5.74, 6) is -0.401. The Bertz CT molecular complexity index is 656. The van der Waals surface area contributed by atoms with Crippen LogP contribution in [0.1, 0.15) is 58.1 Å². The maximum atomic E-state index is 12.2. The average Bonchev–Trinajstić information content (AvgIpc) is 2.55. The molecule has 1 heterocycles. The van der Waals surface area contributed by atoms with Gasteiger partial charge in [0.05, 0.1) is 5.25 Å². The molecule has 1 aliphatic carbocycles. The highest BCUT2D eigenvalue weighted by Gasteiger charge is 2.21. The van der Waals surface area contributed by atoms with E-state index in [9.17, 15) is 14.4 Å². The minimum absolute atomic E-state index is 0.147. The number of imide groups is 1. The van der Waals surface area contributed by atoms with Crippen LogP contribution in [0.2, 0.25) is 0 Å². The number of carbonyl (C=O) groups excluding carboxylic acids is 2. The van der Waals surface area contributed by atoms with Crippen LogP contribution in [0.3, 0.4) is 0 Å². The highest BCUT2D eigenvalue weighted by molar-refractivity contribution is 8.00. The molecule has 1 saturated carbocycles. The van der Waals surface area contributed by atoms with Gasteiger partial charge in [0, 0.05) is 17.8 Å². The number of H-pyrrole nitrogens is 1. The molecule has 0 bridgehead atoms. The van der Waals surface area contributed by atoms with Crippen LogP contribution >= 0.6 is 11.8 Å². The summed E-state index contributed by atoms with van der Waals surface area (Å²) in [7, 11) is 0. The molecule has 138 valence electrons. The standard InChI is InChI=1S/C17H26N4O3S/c1-3-7-13-10-14(22)20-17(19-13)25-11(2)15(23)21-16(24)18-12-8-5-4-6-9-12/h10-12H,3-9H2,1-2H3,(H,19,20,22)(H2,18,21,23,24)/t11-/m1/s1. The number of urea groups is 1. The predicted molar refractivity (Wildman–Crippen MR) is 97.7 cm³/mol. The van der Waals surface area contributed by atoms with Crippen molar-refractivity contribution in [2.45, 2.75) is 75.2 Å². The van der Waals surface area contributed by atoms with Crippen LogP contribution in [0.4, 0.5) is 4.79 Å². The van der Waals surface area contributed by atoms with Crippen LogP contribution in [0.25, 0.3) is 0 Å². The van der Waals surface area contributed by atoms with E-state index in [1.54, 1.807) is 6.92 Å². The first-order valence-corrected chi connectivity index (χ1v) is 9.74. The summed E-state index contributed by atoms with van der Waals surface area (Å²) in [4.78, 5) is 42.8. The number of hydrogen-bond donors (Lipinski definition) is 3. The maximum Gasteiger partial charge on any atom is 0.321 e. The van der Waals surface area contributed by atoms with E-state index in [1.807, 2.05) is 6.92 Å². The number of thioether (sulfide) groups is 1. The van der Waals surface area contributed by atoms with Crippen molar-refractivity contribution in [3.05, 3.63) is 22.1 Å². The third-order valence-electron chi connectivity index (χ3n) is 4.11. The topological polar surface area (TPSA) is 104 Å². The van der Waals surface area contributed by atoms with Gasteiger partial charge in [-0.3, -0.25) is 14.9 Å². The summed E-state index contributed by atoms with van der Waals surface area (Å²) in [6.45, 7) is 3.69. The quantitative estimate of drug-likeness (QED) is 0.530. The molecule has 0 unspecified atom stereocenters. The lowest BCUT2D eigenvalue weighted by atomic mass is 9.96. The van der Waals surface area contributed by atoms with Crippen molar-refractivity contribution in [1.29, 1.82) is 0 Å². The third kappa shape index (κ3) is 6.53. The highest BCUT2D eigenvalue weighted by Crippen LogP contribution is 2.19. The smallest absolute Gasteiger partial charge is 0.321 e. The second-order valence-corrected chi connectivity index (χ2v) is 7.68. The number of aromatic amines is 1. The molecule has 1 aromatic rings. The molecular formula is C17H26N4O3S. The monoisotopic (exact) mass is 366 g/mol. The van der Waals surface area contributed by atoms with E-state index in [4.69, 9.17) is 0 Å². The zero-order chi connectivity index (χ0) is 18.2. The SMILES string of the molecule is CCCc1cc(=O)[nH]c(S[C@H](C)C(=O)NC(=O)NC2CCCCC2)n1. The molecule has 0 aromatic carbocycles. The van der Waals surface area contributed by atoms with Crippen molar-refractivity contribution >= 4 is 23.7 Å². The minimum atomic E-state index is -0.544. The fraction of sp³-hybridized carbons (Fsp3) is 0.647. The predicted octanol–water partition coefficient (Wildman–Crippen LogP) is 2.36. The minimum Gasteiger partial charge on any atom is -0.335 e. The molecule has 0 aliphatic heterocycles. The molecular weight excluding hydrogens is 340 g/mol. The molecule has 7 nitrogen and oxygen atoms in total. The number of aromatic nitrogens is 2. The molecule has 8 heteroatoms. The number of nitrogens with zero attached hydrogens (tertiary/aromatic N) is 1. The molecule has 1 atom stereocenters. The van der Waals surface area contributed by atoms with Gasteiger partial charge in [0.15, 0.2) is 5.16 Å². The van der Waals surface area contributed by atoms with Crippen LogP contribution in [-0.4, -0.2) is 33.2 Å². The van der Waals surface area contributed by atoms with Gasteiger partial charge >= 0.3 is 6.03 Å². The van der Waals surface area contributed by atoms with Crippen molar-refractivity contribution < 1.29 is 9.59 Å². The van der Waals surface area contributed by atoms with E-state index in [0.717, 1.165) is 43.9 Å². The lowest BCUT2D eigenvalue weighted by molar-refractivity contribution is -0.119. The third-order valence-corrected chi connectivity index (χ3v) is 5.10. The van der Waals surface area contributed by atoms with Crippen LogP contribution in [-0.2, 0) is 11.2 Å². The summed E-state index contributed by atoms with van der Waals surface area (Å²) in [6, 6.07) is 1.16. The lowest BCUT2D eigenvalue weighted by Gasteiger charge is -2.23. The second-order valence-electron chi connectivity index (χ2n) is 6.35. The van der Waals surface area contributed by atoms with Gasteiger partial charge in [0.25, 0.3) is 5.56 Å². The van der Waals surface area contributed by atoms with Crippen molar-refractivity contribution in [3.8, 4) is 0 Å². The zero-order valence-corrected chi connectivity index (χ0v) is 15.6. The van der Waals surface area contributed by atoms with Gasteiger partial charge in [0.1, 0.15) is 0 Å². The first-order valence-electron chi connectivity index (χ1n) is 8.86. The normalized spacial score (nSPS) is 16.2. The van der Waals surface area contributed by atoms with Gasteiger partial charge in [-0.25, -0.2) is 9.78 Å².